The Bertz CT molecular complexity index is 841. The number of sulfonamides is 1. The molecular formula is C20H32F2N4O5S. The number of aliphatic hydroxyl groups excluding tert-OH is 1. The van der Waals surface area contributed by atoms with Crippen LogP contribution in [-0.2, 0) is 14.8 Å². The maximum absolute atomic E-state index is 12.3. The number of alkyl carbamates (subject to hydrolysis) is 1. The summed E-state index contributed by atoms with van der Waals surface area (Å²) in [5.41, 5.74) is -0.694. The van der Waals surface area contributed by atoms with E-state index in [2.05, 4.69) is 15.6 Å². The zero-order valence-electron chi connectivity index (χ0n) is 18.5. The van der Waals surface area contributed by atoms with Crippen molar-refractivity contribution in [2.45, 2.75) is 82.1 Å². The highest BCUT2D eigenvalue weighted by Crippen LogP contribution is 2.28. The Morgan fingerprint density at radius 2 is 1.91 bits per heavy atom. The van der Waals surface area contributed by atoms with Crippen LogP contribution in [0.3, 0.4) is 0 Å². The number of halogens is 2. The molecule has 1 fully saturated rings. The predicted octanol–water partition coefficient (Wildman–Crippen LogP) is 2.83. The summed E-state index contributed by atoms with van der Waals surface area (Å²) in [4.78, 5) is 16.0. The van der Waals surface area contributed by atoms with E-state index in [4.69, 9.17) is 4.74 Å². The Hall–Kier alpha value is -2.05. The van der Waals surface area contributed by atoms with Crippen molar-refractivity contribution in [3.05, 3.63) is 18.3 Å². The maximum atomic E-state index is 12.3. The number of aromatic nitrogens is 1. The second-order valence-corrected chi connectivity index (χ2v) is 10.5. The summed E-state index contributed by atoms with van der Waals surface area (Å²) < 4.78 is 55.7. The molecule has 1 aromatic rings. The van der Waals surface area contributed by atoms with E-state index in [1.807, 2.05) is 0 Å². The molecular weight excluding hydrogens is 446 g/mol. The standard InChI is InChI=1S/C20H32F2N4O5S/c1-20(2,3)31-19(28)26-17(13-7-5-4-6-8-13)18(27)25-16-10-9-14(11-23-16)32(29,30)24-12-15(21)22/h9-11,13,15,17-18,24,27H,4-8,12H2,1-3H3,(H,23,25)(H,26,28)/t17-,18-/m0/s1. The van der Waals surface area contributed by atoms with Gasteiger partial charge in [0.1, 0.15) is 22.5 Å². The third-order valence-corrected chi connectivity index (χ3v) is 6.36. The predicted molar refractivity (Wildman–Crippen MR) is 115 cm³/mol. The van der Waals surface area contributed by atoms with Crippen LogP contribution in [0.4, 0.5) is 19.4 Å². The van der Waals surface area contributed by atoms with E-state index in [9.17, 15) is 27.1 Å². The van der Waals surface area contributed by atoms with Crippen LogP contribution in [0.1, 0.15) is 52.9 Å². The molecule has 0 aliphatic heterocycles. The van der Waals surface area contributed by atoms with Crippen molar-refractivity contribution in [2.24, 2.45) is 5.92 Å². The van der Waals surface area contributed by atoms with Gasteiger partial charge in [0.15, 0.2) is 0 Å². The normalized spacial score (nSPS) is 17.6. The van der Waals surface area contributed by atoms with Gasteiger partial charge in [-0.2, -0.15) is 0 Å². The SMILES string of the molecule is CC(C)(C)OC(=O)N[C@@H](C1CCCCC1)[C@H](O)Nc1ccc(S(=O)(=O)NCC(F)F)cn1. The Morgan fingerprint density at radius 1 is 1.25 bits per heavy atom. The van der Waals surface area contributed by atoms with E-state index in [-0.39, 0.29) is 16.6 Å². The average Bonchev–Trinajstić information content (AvgIpc) is 2.70. The number of alkyl halides is 2. The largest absolute Gasteiger partial charge is 0.444 e. The fourth-order valence-electron chi connectivity index (χ4n) is 3.51. The monoisotopic (exact) mass is 478 g/mol. The molecule has 32 heavy (non-hydrogen) atoms. The lowest BCUT2D eigenvalue weighted by Crippen LogP contribution is -2.52. The number of ether oxygens (including phenoxy) is 1. The molecule has 1 saturated carbocycles. The van der Waals surface area contributed by atoms with Crippen LogP contribution >= 0.6 is 0 Å². The number of anilines is 1. The van der Waals surface area contributed by atoms with Gasteiger partial charge in [-0.05, 0) is 51.7 Å². The molecule has 1 amide bonds. The molecule has 0 spiro atoms. The first-order chi connectivity index (χ1) is 14.9. The van der Waals surface area contributed by atoms with E-state index < -0.39 is 47.0 Å². The van der Waals surface area contributed by atoms with E-state index in [1.54, 1.807) is 25.5 Å². The molecule has 2 atom stereocenters. The second-order valence-electron chi connectivity index (χ2n) is 8.78. The number of nitrogens with zero attached hydrogens (tertiary/aromatic N) is 1. The number of rotatable bonds is 9. The first-order valence-electron chi connectivity index (χ1n) is 10.6. The number of nitrogens with one attached hydrogen (secondary N) is 3. The van der Waals surface area contributed by atoms with Crippen molar-refractivity contribution in [3.63, 3.8) is 0 Å². The molecule has 1 aliphatic rings. The molecule has 12 heteroatoms. The Kier molecular flexibility index (Phi) is 9.17. The summed E-state index contributed by atoms with van der Waals surface area (Å²) in [6.45, 7) is 4.23. The fraction of sp³-hybridized carbons (Fsp3) is 0.700. The minimum absolute atomic E-state index is 0.0250. The van der Waals surface area contributed by atoms with Gasteiger partial charge >= 0.3 is 6.09 Å². The van der Waals surface area contributed by atoms with Gasteiger partial charge in [-0.1, -0.05) is 19.3 Å². The highest BCUT2D eigenvalue weighted by Gasteiger charge is 2.32. The van der Waals surface area contributed by atoms with Gasteiger partial charge < -0.3 is 20.5 Å². The lowest BCUT2D eigenvalue weighted by Gasteiger charge is -2.35. The van der Waals surface area contributed by atoms with Crippen molar-refractivity contribution in [2.75, 3.05) is 11.9 Å². The number of carbonyl (C=O) groups excluding carboxylic acids is 1. The van der Waals surface area contributed by atoms with Crippen molar-refractivity contribution in [1.82, 2.24) is 15.0 Å². The molecule has 0 unspecified atom stereocenters. The lowest BCUT2D eigenvalue weighted by molar-refractivity contribution is 0.0366. The van der Waals surface area contributed by atoms with E-state index in [1.165, 1.54) is 12.1 Å². The number of pyridine rings is 1. The average molecular weight is 479 g/mol. The van der Waals surface area contributed by atoms with Gasteiger partial charge in [0.05, 0.1) is 12.6 Å². The van der Waals surface area contributed by atoms with Crippen LogP contribution in [0, 0.1) is 5.92 Å². The number of amides is 1. The number of hydrogen-bond acceptors (Lipinski definition) is 7. The second kappa shape index (κ2) is 11.2. The molecule has 0 radical (unpaired) electrons. The van der Waals surface area contributed by atoms with Gasteiger partial charge in [0.2, 0.25) is 10.0 Å². The molecule has 0 saturated heterocycles. The van der Waals surface area contributed by atoms with Gasteiger partial charge in [0.25, 0.3) is 6.43 Å². The first-order valence-corrected chi connectivity index (χ1v) is 12.0. The fourth-order valence-corrected chi connectivity index (χ4v) is 4.46. The first kappa shape index (κ1) is 26.2. The molecule has 2 rings (SSSR count). The molecule has 0 aromatic carbocycles. The summed E-state index contributed by atoms with van der Waals surface area (Å²) >= 11 is 0. The van der Waals surface area contributed by atoms with Crippen molar-refractivity contribution in [1.29, 1.82) is 0 Å². The van der Waals surface area contributed by atoms with Crippen molar-refractivity contribution in [3.8, 4) is 0 Å². The molecule has 9 nitrogen and oxygen atoms in total. The molecule has 1 aliphatic carbocycles. The van der Waals surface area contributed by atoms with Crippen molar-refractivity contribution >= 4 is 21.9 Å². The Morgan fingerprint density at radius 3 is 2.44 bits per heavy atom. The van der Waals surface area contributed by atoms with Crippen LogP contribution in [-0.4, -0.2) is 55.4 Å². The smallest absolute Gasteiger partial charge is 0.408 e. The number of aliphatic hydroxyl groups is 1. The minimum atomic E-state index is -4.12. The molecule has 0 bridgehead atoms. The van der Waals surface area contributed by atoms with Crippen molar-refractivity contribution < 1.29 is 31.8 Å². The Labute approximate surface area is 187 Å². The summed E-state index contributed by atoms with van der Waals surface area (Å²) in [7, 11) is -4.12. The quantitative estimate of drug-likeness (QED) is 0.402. The van der Waals surface area contributed by atoms with Crippen LogP contribution in [0.25, 0.3) is 0 Å². The molecule has 1 heterocycles. The summed E-state index contributed by atoms with van der Waals surface area (Å²) in [5.74, 6) is 0.189. The summed E-state index contributed by atoms with van der Waals surface area (Å²) in [6, 6.07) is 1.85. The maximum Gasteiger partial charge on any atom is 0.408 e. The number of hydrogen-bond donors (Lipinski definition) is 4. The Balaban J connectivity index is 2.09. The summed E-state index contributed by atoms with van der Waals surface area (Å²) in [5, 5.41) is 16.3. The highest BCUT2D eigenvalue weighted by molar-refractivity contribution is 7.89. The number of carbonyl (C=O) groups is 1. The van der Waals surface area contributed by atoms with Crippen LogP contribution in [0.15, 0.2) is 23.2 Å². The van der Waals surface area contributed by atoms with Gasteiger partial charge in [0, 0.05) is 6.20 Å². The molecule has 4 N–H and O–H groups in total. The van der Waals surface area contributed by atoms with E-state index in [0.29, 0.717) is 0 Å². The minimum Gasteiger partial charge on any atom is -0.444 e. The van der Waals surface area contributed by atoms with Crippen LogP contribution in [0.2, 0.25) is 0 Å². The van der Waals surface area contributed by atoms with Crippen LogP contribution in [0.5, 0.6) is 0 Å². The van der Waals surface area contributed by atoms with Gasteiger partial charge in [-0.3, -0.25) is 0 Å². The topological polar surface area (TPSA) is 130 Å². The van der Waals surface area contributed by atoms with Gasteiger partial charge in [-0.15, -0.1) is 0 Å². The lowest BCUT2D eigenvalue weighted by atomic mass is 9.83. The summed E-state index contributed by atoms with van der Waals surface area (Å²) in [6.07, 6.45) is 1.06. The zero-order chi connectivity index (χ0) is 23.9. The molecule has 1 aromatic heterocycles. The third-order valence-electron chi connectivity index (χ3n) is 4.95. The highest BCUT2D eigenvalue weighted by atomic mass is 32.2. The van der Waals surface area contributed by atoms with Gasteiger partial charge in [-0.25, -0.2) is 31.7 Å². The zero-order valence-corrected chi connectivity index (χ0v) is 19.3. The molecule has 182 valence electrons. The van der Waals surface area contributed by atoms with E-state index in [0.717, 1.165) is 38.3 Å². The van der Waals surface area contributed by atoms with E-state index >= 15 is 0 Å². The third kappa shape index (κ3) is 8.47. The van der Waals surface area contributed by atoms with Crippen LogP contribution < -0.4 is 15.4 Å².